The van der Waals surface area contributed by atoms with Crippen LogP contribution in [0, 0.1) is 5.82 Å². The molecule has 0 bridgehead atoms. The van der Waals surface area contributed by atoms with Crippen LogP contribution in [0.25, 0.3) is 0 Å². The van der Waals surface area contributed by atoms with Crippen LogP contribution in [-0.4, -0.2) is 26.5 Å². The van der Waals surface area contributed by atoms with Crippen molar-refractivity contribution in [3.8, 4) is 0 Å². The van der Waals surface area contributed by atoms with Gasteiger partial charge in [-0.1, -0.05) is 28.1 Å². The maximum atomic E-state index is 13.1. The molecule has 0 amide bonds. The highest BCUT2D eigenvalue weighted by Gasteiger charge is 1.99. The molecule has 1 aromatic carbocycles. The van der Waals surface area contributed by atoms with Crippen molar-refractivity contribution < 1.29 is 4.39 Å². The molecule has 2 aromatic rings. The topological polar surface area (TPSA) is 82.0 Å². The maximum absolute atomic E-state index is 13.1. The predicted octanol–water partition coefficient (Wildman–Crippen LogP) is 0.277. The molecule has 0 radical (unpaired) electrons. The normalized spacial score (nSPS) is 11.0. The van der Waals surface area contributed by atoms with E-state index in [9.17, 15) is 4.39 Å². The van der Waals surface area contributed by atoms with Gasteiger partial charge in [-0.3, -0.25) is 0 Å². The van der Waals surface area contributed by atoms with Crippen molar-refractivity contribution in [2.24, 2.45) is 5.10 Å². The number of nitrogens with two attached hydrogens (primary N) is 1. The molecule has 7 heteroatoms. The summed E-state index contributed by atoms with van der Waals surface area (Å²) in [7, 11) is 0. The number of hydrogen-bond donors (Lipinski definition) is 1. The number of hydrogen-bond acceptors (Lipinski definition) is 5. The minimum absolute atomic E-state index is 0.0441. The van der Waals surface area contributed by atoms with Crippen LogP contribution < -0.4 is 5.73 Å². The monoisotopic (exact) mass is 206 g/mol. The zero-order valence-corrected chi connectivity index (χ0v) is 7.58. The molecule has 0 unspecified atom stereocenters. The molecule has 2 N–H and O–H groups in total. The maximum Gasteiger partial charge on any atom is 0.263 e. The SMILES string of the molecule is Nc1nnnn1N=Cc1ccccc1F. The van der Waals surface area contributed by atoms with E-state index in [0.717, 1.165) is 4.79 Å². The summed E-state index contributed by atoms with van der Waals surface area (Å²) in [5.41, 5.74) is 5.70. The summed E-state index contributed by atoms with van der Waals surface area (Å²) in [6.07, 6.45) is 1.29. The summed E-state index contributed by atoms with van der Waals surface area (Å²) in [6, 6.07) is 6.22. The predicted molar refractivity (Wildman–Crippen MR) is 51.6 cm³/mol. The highest BCUT2D eigenvalue weighted by atomic mass is 19.1. The first-order valence-electron chi connectivity index (χ1n) is 4.10. The number of nitrogens with zero attached hydrogens (tertiary/aromatic N) is 5. The standard InChI is InChI=1S/C8H7FN6/c9-7-4-2-1-3-6(7)5-11-15-8(10)12-13-14-15/h1-5H,(H2,10,12,14). The molecule has 0 atom stereocenters. The summed E-state index contributed by atoms with van der Waals surface area (Å²) < 4.78 is 13.1. The third-order valence-electron chi connectivity index (χ3n) is 1.69. The van der Waals surface area contributed by atoms with Crippen molar-refractivity contribution in [1.82, 2.24) is 20.3 Å². The second-order valence-electron chi connectivity index (χ2n) is 2.69. The number of anilines is 1. The molecule has 15 heavy (non-hydrogen) atoms. The molecule has 0 aliphatic carbocycles. The Labute approximate surface area is 84.2 Å². The zero-order valence-electron chi connectivity index (χ0n) is 7.58. The molecule has 0 saturated carbocycles. The van der Waals surface area contributed by atoms with E-state index >= 15 is 0 Å². The molecule has 0 aliphatic rings. The van der Waals surface area contributed by atoms with Crippen molar-refractivity contribution in [3.05, 3.63) is 35.6 Å². The molecule has 0 spiro atoms. The summed E-state index contributed by atoms with van der Waals surface area (Å²) in [5, 5.41) is 14.0. The van der Waals surface area contributed by atoms with Crippen molar-refractivity contribution in [2.45, 2.75) is 0 Å². The van der Waals surface area contributed by atoms with Crippen LogP contribution in [0.2, 0.25) is 0 Å². The van der Waals surface area contributed by atoms with Crippen molar-refractivity contribution >= 4 is 12.2 Å². The quantitative estimate of drug-likeness (QED) is 0.715. The highest BCUT2D eigenvalue weighted by molar-refractivity contribution is 5.79. The number of nitrogen functional groups attached to an aromatic ring is 1. The van der Waals surface area contributed by atoms with E-state index in [1.54, 1.807) is 18.2 Å². The van der Waals surface area contributed by atoms with E-state index in [0.29, 0.717) is 5.56 Å². The number of benzene rings is 1. The Morgan fingerprint density at radius 1 is 1.40 bits per heavy atom. The van der Waals surface area contributed by atoms with Gasteiger partial charge in [0.15, 0.2) is 0 Å². The molecule has 76 valence electrons. The van der Waals surface area contributed by atoms with Crippen LogP contribution in [0.4, 0.5) is 10.3 Å². The number of aromatic nitrogens is 4. The van der Waals surface area contributed by atoms with Crippen LogP contribution in [0.3, 0.4) is 0 Å². The lowest BCUT2D eigenvalue weighted by Gasteiger charge is -1.94. The van der Waals surface area contributed by atoms with Gasteiger partial charge in [-0.15, -0.1) is 0 Å². The second-order valence-corrected chi connectivity index (χ2v) is 2.69. The Morgan fingerprint density at radius 3 is 2.87 bits per heavy atom. The van der Waals surface area contributed by atoms with E-state index in [2.05, 4.69) is 20.6 Å². The van der Waals surface area contributed by atoms with E-state index in [1.165, 1.54) is 12.3 Å². The zero-order chi connectivity index (χ0) is 10.7. The van der Waals surface area contributed by atoms with Crippen molar-refractivity contribution in [1.29, 1.82) is 0 Å². The summed E-state index contributed by atoms with van der Waals surface area (Å²) in [5.74, 6) is -0.324. The molecular formula is C8H7FN6. The third kappa shape index (κ3) is 1.96. The Balaban J connectivity index is 2.26. The van der Waals surface area contributed by atoms with Gasteiger partial charge in [0.2, 0.25) is 0 Å². The smallest absolute Gasteiger partial charge is 0.263 e. The van der Waals surface area contributed by atoms with Crippen LogP contribution in [0.1, 0.15) is 5.56 Å². The van der Waals surface area contributed by atoms with Gasteiger partial charge in [-0.2, -0.15) is 5.10 Å². The lowest BCUT2D eigenvalue weighted by Crippen LogP contribution is -2.00. The molecule has 0 saturated heterocycles. The molecule has 1 aromatic heterocycles. The molecule has 0 aliphatic heterocycles. The summed E-state index contributed by atoms with van der Waals surface area (Å²) in [6.45, 7) is 0. The van der Waals surface area contributed by atoms with Gasteiger partial charge < -0.3 is 5.73 Å². The number of tetrazole rings is 1. The Hall–Kier alpha value is -2.31. The summed E-state index contributed by atoms with van der Waals surface area (Å²) >= 11 is 0. The Kier molecular flexibility index (Phi) is 2.36. The fraction of sp³-hybridized carbons (Fsp3) is 0. The van der Waals surface area contributed by atoms with Gasteiger partial charge in [-0.25, -0.2) is 4.39 Å². The van der Waals surface area contributed by atoms with Gasteiger partial charge in [0, 0.05) is 5.56 Å². The molecule has 2 rings (SSSR count). The van der Waals surface area contributed by atoms with Crippen LogP contribution >= 0.6 is 0 Å². The molecule has 0 fully saturated rings. The summed E-state index contributed by atoms with van der Waals surface area (Å²) in [4.78, 5) is 1.01. The molecule has 6 nitrogen and oxygen atoms in total. The average molecular weight is 206 g/mol. The lowest BCUT2D eigenvalue weighted by molar-refractivity contribution is 0.625. The van der Waals surface area contributed by atoms with Gasteiger partial charge in [0.1, 0.15) is 5.82 Å². The van der Waals surface area contributed by atoms with E-state index in [-0.39, 0.29) is 11.8 Å². The highest BCUT2D eigenvalue weighted by Crippen LogP contribution is 2.03. The second kappa shape index (κ2) is 3.82. The van der Waals surface area contributed by atoms with Gasteiger partial charge in [0.25, 0.3) is 5.95 Å². The molecule has 1 heterocycles. The first kappa shape index (κ1) is 9.25. The van der Waals surface area contributed by atoms with E-state index in [1.807, 2.05) is 0 Å². The van der Waals surface area contributed by atoms with Crippen molar-refractivity contribution in [2.75, 3.05) is 5.73 Å². The van der Waals surface area contributed by atoms with Crippen molar-refractivity contribution in [3.63, 3.8) is 0 Å². The van der Waals surface area contributed by atoms with Gasteiger partial charge in [0.05, 0.1) is 6.21 Å². The first-order valence-corrected chi connectivity index (χ1v) is 4.10. The molecular weight excluding hydrogens is 199 g/mol. The largest absolute Gasteiger partial charge is 0.365 e. The average Bonchev–Trinajstić information content (AvgIpc) is 2.63. The van der Waals surface area contributed by atoms with Gasteiger partial charge >= 0.3 is 0 Å². The third-order valence-corrected chi connectivity index (χ3v) is 1.69. The fourth-order valence-electron chi connectivity index (χ4n) is 0.968. The fourth-order valence-corrected chi connectivity index (χ4v) is 0.968. The van der Waals surface area contributed by atoms with Crippen LogP contribution in [0.5, 0.6) is 0 Å². The van der Waals surface area contributed by atoms with E-state index < -0.39 is 0 Å². The number of rotatable bonds is 2. The Morgan fingerprint density at radius 2 is 2.20 bits per heavy atom. The van der Waals surface area contributed by atoms with E-state index in [4.69, 9.17) is 5.73 Å². The Bertz CT molecular complexity index is 491. The number of halogens is 1. The van der Waals surface area contributed by atoms with Crippen LogP contribution in [0.15, 0.2) is 29.4 Å². The first-order chi connectivity index (χ1) is 7.27. The lowest BCUT2D eigenvalue weighted by atomic mass is 10.2. The van der Waals surface area contributed by atoms with Crippen LogP contribution in [-0.2, 0) is 0 Å². The minimum atomic E-state index is -0.368. The minimum Gasteiger partial charge on any atom is -0.365 e. The van der Waals surface area contributed by atoms with Gasteiger partial charge in [-0.05, 0) is 16.5 Å².